The van der Waals surface area contributed by atoms with Crippen LogP contribution in [-0.2, 0) is 65.6 Å². The molecule has 2 heterocycles. The van der Waals surface area contributed by atoms with Gasteiger partial charge in [0, 0.05) is 27.1 Å². The van der Waals surface area contributed by atoms with Crippen LogP contribution in [0.2, 0.25) is 0 Å². The third-order valence-electron chi connectivity index (χ3n) is 13.9. The van der Waals surface area contributed by atoms with Gasteiger partial charge in [-0.3, -0.25) is 38.5 Å². The van der Waals surface area contributed by atoms with E-state index in [0.717, 1.165) is 4.90 Å². The minimum Gasteiger partial charge on any atom is -0.497 e. The molecule has 0 aliphatic carbocycles. The molecular weight excluding hydrogens is 957 g/mol. The molecule has 2 saturated heterocycles. The number of aliphatic hydroxyl groups is 1. The number of fused-ring (bicyclic) bond motifs is 1. The first-order valence-corrected chi connectivity index (χ1v) is 25.6. The average molecular weight is 1040 g/mol. The van der Waals surface area contributed by atoms with Crippen LogP contribution in [0, 0.1) is 23.7 Å². The number of carbonyl (C=O) groups excluding carboxylic acids is 9. The lowest BCUT2D eigenvalue weighted by Crippen LogP contribution is -2.61. The van der Waals surface area contributed by atoms with Gasteiger partial charge in [-0.2, -0.15) is 0 Å². The third-order valence-corrected chi connectivity index (χ3v) is 13.9. The largest absolute Gasteiger partial charge is 0.497 e. The van der Waals surface area contributed by atoms with E-state index in [1.807, 2.05) is 19.9 Å². The van der Waals surface area contributed by atoms with Crippen LogP contribution in [0.5, 0.6) is 5.75 Å². The van der Waals surface area contributed by atoms with Crippen molar-refractivity contribution in [2.75, 3.05) is 27.7 Å². The lowest BCUT2D eigenvalue weighted by molar-refractivity contribution is -0.163. The predicted octanol–water partition coefficient (Wildman–Crippen LogP) is 3.73. The molecule has 0 spiro atoms. The van der Waals surface area contributed by atoms with Gasteiger partial charge < -0.3 is 49.8 Å². The Morgan fingerprint density at radius 3 is 2.12 bits per heavy atom. The van der Waals surface area contributed by atoms with Gasteiger partial charge in [0.1, 0.15) is 48.7 Å². The van der Waals surface area contributed by atoms with Gasteiger partial charge in [0.2, 0.25) is 29.5 Å². The zero-order valence-corrected chi connectivity index (χ0v) is 45.0. The minimum atomic E-state index is -1.71. The van der Waals surface area contributed by atoms with Crippen LogP contribution in [-0.4, -0.2) is 155 Å². The summed E-state index contributed by atoms with van der Waals surface area (Å²) in [5.74, 6) is -8.67. The Hall–Kier alpha value is -6.57. The maximum absolute atomic E-state index is 14.8. The number of esters is 2. The zero-order valence-electron chi connectivity index (χ0n) is 45.0. The molecule has 2 aliphatic heterocycles. The highest BCUT2D eigenvalue weighted by atomic mass is 16.6. The van der Waals surface area contributed by atoms with E-state index < -0.39 is 132 Å². The highest BCUT2D eigenvalue weighted by molar-refractivity contribution is 6.05. The molecule has 4 N–H and O–H groups in total. The quantitative estimate of drug-likeness (QED) is 0.127. The van der Waals surface area contributed by atoms with Gasteiger partial charge in [-0.05, 0) is 81.0 Å². The number of likely N-dealkylation sites (N-methyl/N-ethyl adjacent to an activating group) is 2. The molecule has 0 radical (unpaired) electrons. The van der Waals surface area contributed by atoms with Crippen molar-refractivity contribution in [1.82, 2.24) is 30.7 Å². The molecule has 20 nitrogen and oxygen atoms in total. The Balaban J connectivity index is 1.82. The van der Waals surface area contributed by atoms with E-state index in [1.165, 1.54) is 51.8 Å². The number of nitrogens with one attached hydrogen (secondary N) is 3. The number of cyclic esters (lactones) is 2. The van der Waals surface area contributed by atoms with E-state index in [2.05, 4.69) is 16.0 Å². The van der Waals surface area contributed by atoms with Crippen molar-refractivity contribution >= 4 is 53.4 Å². The fourth-order valence-corrected chi connectivity index (χ4v) is 8.90. The van der Waals surface area contributed by atoms with Gasteiger partial charge >= 0.3 is 18.0 Å². The topological polar surface area (TPSA) is 257 Å². The lowest BCUT2D eigenvalue weighted by atomic mass is 9.91. The van der Waals surface area contributed by atoms with Crippen molar-refractivity contribution in [2.45, 2.75) is 162 Å². The van der Waals surface area contributed by atoms with Crippen LogP contribution in [0.3, 0.4) is 0 Å². The number of nitrogens with zero attached hydrogens (tertiary/aromatic N) is 3. The first-order chi connectivity index (χ1) is 34.9. The number of hydrogen-bond donors (Lipinski definition) is 4. The average Bonchev–Trinajstić information content (AvgIpc) is 3.87. The maximum atomic E-state index is 14.8. The summed E-state index contributed by atoms with van der Waals surface area (Å²) >= 11 is 0. The molecule has 11 atom stereocenters. The molecule has 0 unspecified atom stereocenters. The molecule has 2 aromatic carbocycles. The van der Waals surface area contributed by atoms with E-state index in [9.17, 15) is 48.3 Å². The first kappa shape index (κ1) is 60.0. The van der Waals surface area contributed by atoms with Gasteiger partial charge in [-0.1, -0.05) is 90.4 Å². The second kappa shape index (κ2) is 27.6. The van der Waals surface area contributed by atoms with Gasteiger partial charge in [0.05, 0.1) is 31.6 Å². The number of ether oxygens (including phenoxy) is 4. The lowest BCUT2D eigenvalue weighted by Gasteiger charge is -2.35. The van der Waals surface area contributed by atoms with Crippen LogP contribution in [0.15, 0.2) is 54.6 Å². The number of aliphatic hydroxyl groups excluding tert-OH is 1. The molecule has 74 heavy (non-hydrogen) atoms. The van der Waals surface area contributed by atoms with Crippen molar-refractivity contribution < 1.29 is 67.2 Å². The summed E-state index contributed by atoms with van der Waals surface area (Å²) in [5, 5.41) is 19.8. The van der Waals surface area contributed by atoms with Crippen molar-refractivity contribution in [2.24, 2.45) is 23.7 Å². The SMILES string of the molecule is CC[C@H](C)[C@H]1NC(=O)[C@@H](NC(=O)[C@@H](C)N(C)C(=O)OCc2ccccc2)[C@H](C)OC(=O)[C@H](Cc2ccc(OC)cc2)N(C)C(=O)[C@@H]2CCCN2C(=O)[C@@H](CC(C)C)NC(=O)[C@@H](C)C(=O)[C@@H](C(C)C)OC(=O)C[C@H]1O. The summed E-state index contributed by atoms with van der Waals surface area (Å²) in [5.41, 5.74) is 1.29. The number of methoxy groups -OCH3 is 1. The minimum absolute atomic E-state index is 0.0872. The number of benzene rings is 2. The van der Waals surface area contributed by atoms with E-state index in [-0.39, 0.29) is 38.3 Å². The van der Waals surface area contributed by atoms with Gasteiger partial charge in [0.15, 0.2) is 11.9 Å². The van der Waals surface area contributed by atoms with Crippen molar-refractivity contribution in [3.63, 3.8) is 0 Å². The summed E-state index contributed by atoms with van der Waals surface area (Å²) in [6.45, 7) is 14.6. The fraction of sp³-hybridized carbons (Fsp3) is 0.611. The molecule has 2 aliphatic rings. The molecule has 0 saturated carbocycles. The van der Waals surface area contributed by atoms with Crippen LogP contribution in [0.1, 0.15) is 106 Å². The van der Waals surface area contributed by atoms with Crippen molar-refractivity contribution in [3.8, 4) is 5.75 Å². The molecule has 2 fully saturated rings. The zero-order chi connectivity index (χ0) is 55.1. The smallest absolute Gasteiger partial charge is 0.410 e. The molecule has 2 aromatic rings. The summed E-state index contributed by atoms with van der Waals surface area (Å²) in [6.07, 6.45) is -5.08. The number of Topliss-reactive ketones (excluding diaryl/α,β-unsaturated/α-hetero) is 1. The summed E-state index contributed by atoms with van der Waals surface area (Å²) in [7, 11) is 4.23. The predicted molar refractivity (Wildman–Crippen MR) is 272 cm³/mol. The molecular formula is C54H78N6O14. The van der Waals surface area contributed by atoms with Crippen molar-refractivity contribution in [1.29, 1.82) is 0 Å². The molecule has 20 heteroatoms. The molecule has 408 valence electrons. The number of rotatable bonds is 13. The van der Waals surface area contributed by atoms with Crippen LogP contribution < -0.4 is 20.7 Å². The Morgan fingerprint density at radius 2 is 1.53 bits per heavy atom. The normalized spacial score (nSPS) is 26.0. The van der Waals surface area contributed by atoms with E-state index >= 15 is 0 Å². The molecule has 0 aromatic heterocycles. The van der Waals surface area contributed by atoms with Crippen LogP contribution in [0.4, 0.5) is 4.79 Å². The summed E-state index contributed by atoms with van der Waals surface area (Å²) < 4.78 is 22.5. The number of amides is 6. The number of hydrogen-bond acceptors (Lipinski definition) is 14. The Labute approximate surface area is 434 Å². The van der Waals surface area contributed by atoms with Crippen LogP contribution >= 0.6 is 0 Å². The highest BCUT2D eigenvalue weighted by Crippen LogP contribution is 2.26. The molecule has 0 bridgehead atoms. The first-order valence-electron chi connectivity index (χ1n) is 25.6. The van der Waals surface area contributed by atoms with E-state index in [0.29, 0.717) is 29.7 Å². The van der Waals surface area contributed by atoms with Crippen LogP contribution in [0.25, 0.3) is 0 Å². The number of ketones is 1. The second-order valence-corrected chi connectivity index (χ2v) is 20.3. The summed E-state index contributed by atoms with van der Waals surface area (Å²) in [6, 6.07) is 7.86. The Morgan fingerprint density at radius 1 is 0.878 bits per heavy atom. The van der Waals surface area contributed by atoms with Gasteiger partial charge in [0.25, 0.3) is 0 Å². The van der Waals surface area contributed by atoms with Gasteiger partial charge in [-0.25, -0.2) is 9.59 Å². The van der Waals surface area contributed by atoms with E-state index in [1.54, 1.807) is 76.2 Å². The second-order valence-electron chi connectivity index (χ2n) is 20.3. The fourth-order valence-electron chi connectivity index (χ4n) is 8.90. The Kier molecular flexibility index (Phi) is 22.4. The van der Waals surface area contributed by atoms with Gasteiger partial charge in [-0.15, -0.1) is 0 Å². The highest BCUT2D eigenvalue weighted by Gasteiger charge is 2.44. The standard InChI is InChI=1S/C54H78N6O14/c1-13-32(6)44-42(61)28-43(62)74-47(31(4)5)46(63)33(7)48(64)55-39(26-30(2)3)51(67)60-25-17-20-40(60)52(68)59(11)41(27-36-21-23-38(71-12)24-22-36)53(69)73-35(9)45(50(66)56-44)57-49(65)34(8)58(10)54(70)72-29-37-18-15-14-16-19-37/h14-16,18-19,21-24,30-35,39-42,44-45,47,61H,13,17,20,25-29H2,1-12H3,(H,55,64)(H,56,66)(H,57,65)/t32-,33-,34+,35-,39+,40-,41-,42+,44+,45-,47+/m0/s1. The third kappa shape index (κ3) is 16.0. The molecule has 4 rings (SSSR count). The molecule has 6 amide bonds. The summed E-state index contributed by atoms with van der Waals surface area (Å²) in [4.78, 5) is 131. The van der Waals surface area contributed by atoms with E-state index in [4.69, 9.17) is 18.9 Å². The number of carbonyl (C=O) groups is 9. The monoisotopic (exact) mass is 1030 g/mol. The Bertz CT molecular complexity index is 2280. The maximum Gasteiger partial charge on any atom is 0.410 e. The van der Waals surface area contributed by atoms with Crippen molar-refractivity contribution in [3.05, 3.63) is 65.7 Å².